The summed E-state index contributed by atoms with van der Waals surface area (Å²) in [7, 11) is 4.19. The Labute approximate surface area is 179 Å². The second-order valence-corrected chi connectivity index (χ2v) is 8.22. The number of hydrogen-bond acceptors (Lipinski definition) is 1. The Morgan fingerprint density at radius 3 is 2.60 bits per heavy atom. The summed E-state index contributed by atoms with van der Waals surface area (Å²) >= 11 is 0. The standard InChI is InChI=1S/C28H29N2/c1-20(6-10-23-14-16-29(4)27-12-8-21(2)18-25(23)27)7-11-24-15-17-30(5)28-13-9-22(3)19-26(24)28/h6-19H,1-5H3/q+1. The molecule has 4 rings (SSSR count). The number of benzene rings is 2. The van der Waals surface area contributed by atoms with Crippen molar-refractivity contribution in [3.63, 3.8) is 0 Å². The Bertz CT molecular complexity index is 1240. The molecule has 0 saturated heterocycles. The summed E-state index contributed by atoms with van der Waals surface area (Å²) in [5.41, 5.74) is 10.0. The molecule has 2 heteroatoms. The molecule has 3 aromatic rings. The molecule has 30 heavy (non-hydrogen) atoms. The highest BCUT2D eigenvalue weighted by Gasteiger charge is 2.13. The second-order valence-electron chi connectivity index (χ2n) is 8.22. The molecule has 0 bridgehead atoms. The van der Waals surface area contributed by atoms with Gasteiger partial charge in [0, 0.05) is 36.6 Å². The van der Waals surface area contributed by atoms with Crippen LogP contribution in [0.3, 0.4) is 0 Å². The molecule has 0 unspecified atom stereocenters. The van der Waals surface area contributed by atoms with Crippen LogP contribution in [0.25, 0.3) is 22.6 Å². The molecule has 2 nitrogen and oxygen atoms in total. The summed E-state index contributed by atoms with van der Waals surface area (Å²) in [6, 6.07) is 15.4. The second kappa shape index (κ2) is 8.16. The number of pyridine rings is 1. The zero-order valence-corrected chi connectivity index (χ0v) is 18.5. The minimum Gasteiger partial charge on any atom is -0.351 e. The first-order chi connectivity index (χ1) is 14.4. The van der Waals surface area contributed by atoms with E-state index in [0.29, 0.717) is 0 Å². The molecule has 1 aliphatic heterocycles. The number of aromatic nitrogens is 1. The van der Waals surface area contributed by atoms with Crippen LogP contribution in [0.4, 0.5) is 5.69 Å². The fourth-order valence-corrected chi connectivity index (χ4v) is 3.89. The lowest BCUT2D eigenvalue weighted by Gasteiger charge is -2.24. The third-order valence-corrected chi connectivity index (χ3v) is 5.69. The Morgan fingerprint density at radius 2 is 1.77 bits per heavy atom. The summed E-state index contributed by atoms with van der Waals surface area (Å²) in [6.07, 6.45) is 15.3. The van der Waals surface area contributed by atoms with Crippen molar-refractivity contribution in [2.45, 2.75) is 20.8 Å². The van der Waals surface area contributed by atoms with E-state index in [9.17, 15) is 0 Å². The van der Waals surface area contributed by atoms with Crippen molar-refractivity contribution >= 4 is 28.2 Å². The summed E-state index contributed by atoms with van der Waals surface area (Å²) in [5, 5.41) is 1.28. The van der Waals surface area contributed by atoms with Gasteiger partial charge in [0.25, 0.3) is 0 Å². The number of anilines is 1. The molecule has 0 aliphatic carbocycles. The van der Waals surface area contributed by atoms with Crippen LogP contribution in [0.2, 0.25) is 0 Å². The van der Waals surface area contributed by atoms with E-state index in [0.717, 1.165) is 0 Å². The zero-order valence-electron chi connectivity index (χ0n) is 18.5. The van der Waals surface area contributed by atoms with Gasteiger partial charge in [0.2, 0.25) is 5.52 Å². The third-order valence-electron chi connectivity index (χ3n) is 5.69. The largest absolute Gasteiger partial charge is 0.351 e. The first-order valence-corrected chi connectivity index (χ1v) is 10.4. The number of hydrogen-bond donors (Lipinski definition) is 0. The maximum Gasteiger partial charge on any atom is 0.212 e. The van der Waals surface area contributed by atoms with Crippen LogP contribution in [0.1, 0.15) is 29.2 Å². The highest BCUT2D eigenvalue weighted by molar-refractivity contribution is 5.88. The Kier molecular flexibility index (Phi) is 5.41. The summed E-state index contributed by atoms with van der Waals surface area (Å²) in [5.74, 6) is 0. The van der Waals surface area contributed by atoms with Gasteiger partial charge in [-0.3, -0.25) is 0 Å². The molecule has 0 atom stereocenters. The highest BCUT2D eigenvalue weighted by Crippen LogP contribution is 2.32. The van der Waals surface area contributed by atoms with Crippen LogP contribution in [-0.4, -0.2) is 7.05 Å². The van der Waals surface area contributed by atoms with Crippen LogP contribution in [0.5, 0.6) is 0 Å². The van der Waals surface area contributed by atoms with Crippen LogP contribution < -0.4 is 9.47 Å². The van der Waals surface area contributed by atoms with Gasteiger partial charge in [-0.15, -0.1) is 0 Å². The van der Waals surface area contributed by atoms with E-state index in [1.165, 1.54) is 50.0 Å². The quantitative estimate of drug-likeness (QED) is 0.375. The fourth-order valence-electron chi connectivity index (χ4n) is 3.89. The van der Waals surface area contributed by atoms with Gasteiger partial charge in [-0.1, -0.05) is 53.1 Å². The Balaban J connectivity index is 1.65. The van der Waals surface area contributed by atoms with E-state index in [1.807, 2.05) is 0 Å². The van der Waals surface area contributed by atoms with Gasteiger partial charge in [-0.05, 0) is 56.2 Å². The van der Waals surface area contributed by atoms with Gasteiger partial charge in [-0.2, -0.15) is 0 Å². The van der Waals surface area contributed by atoms with Crippen molar-refractivity contribution in [3.8, 4) is 0 Å². The van der Waals surface area contributed by atoms with E-state index in [-0.39, 0.29) is 0 Å². The molecule has 0 amide bonds. The van der Waals surface area contributed by atoms with Crippen LogP contribution >= 0.6 is 0 Å². The van der Waals surface area contributed by atoms with E-state index in [1.54, 1.807) is 0 Å². The van der Waals surface area contributed by atoms with E-state index in [2.05, 4.69) is 130 Å². The average Bonchev–Trinajstić information content (AvgIpc) is 2.72. The smallest absolute Gasteiger partial charge is 0.212 e. The van der Waals surface area contributed by atoms with Crippen molar-refractivity contribution in [1.29, 1.82) is 0 Å². The van der Waals surface area contributed by atoms with Crippen molar-refractivity contribution in [2.24, 2.45) is 7.05 Å². The van der Waals surface area contributed by atoms with Crippen LogP contribution in [-0.2, 0) is 7.05 Å². The topological polar surface area (TPSA) is 7.12 Å². The number of rotatable bonds is 3. The molecule has 0 saturated carbocycles. The summed E-state index contributed by atoms with van der Waals surface area (Å²) < 4.78 is 2.17. The molecule has 0 radical (unpaired) electrons. The average molecular weight is 394 g/mol. The molecule has 0 N–H and O–H groups in total. The number of nitrogens with zero attached hydrogens (tertiary/aromatic N) is 2. The van der Waals surface area contributed by atoms with Crippen LogP contribution in [0.15, 0.2) is 84.7 Å². The number of allylic oxidation sites excluding steroid dienone is 6. The van der Waals surface area contributed by atoms with Crippen molar-refractivity contribution in [3.05, 3.63) is 107 Å². The lowest BCUT2D eigenvalue weighted by atomic mass is 9.97. The lowest BCUT2D eigenvalue weighted by molar-refractivity contribution is -0.644. The third kappa shape index (κ3) is 3.99. The monoisotopic (exact) mass is 393 g/mol. The SMILES string of the molecule is CC(/C=C/c1cc[n+](C)c2ccc(C)cc12)=C\C=C1\C=CN(C)c2ccc(C)cc21. The van der Waals surface area contributed by atoms with E-state index in [4.69, 9.17) is 0 Å². The van der Waals surface area contributed by atoms with Crippen molar-refractivity contribution in [1.82, 2.24) is 0 Å². The van der Waals surface area contributed by atoms with Gasteiger partial charge in [0.1, 0.15) is 7.05 Å². The Morgan fingerprint density at radius 1 is 1.00 bits per heavy atom. The molecule has 2 aromatic carbocycles. The van der Waals surface area contributed by atoms with Gasteiger partial charge in [-0.25, -0.2) is 4.57 Å². The lowest BCUT2D eigenvalue weighted by Crippen LogP contribution is -2.28. The summed E-state index contributed by atoms with van der Waals surface area (Å²) in [6.45, 7) is 6.44. The molecule has 2 heterocycles. The van der Waals surface area contributed by atoms with E-state index < -0.39 is 0 Å². The van der Waals surface area contributed by atoms with Crippen LogP contribution in [0, 0.1) is 13.8 Å². The first kappa shape index (κ1) is 19.9. The maximum atomic E-state index is 2.26. The van der Waals surface area contributed by atoms with Gasteiger partial charge in [0.15, 0.2) is 6.20 Å². The number of fused-ring (bicyclic) bond motifs is 2. The number of aryl methyl sites for hydroxylation is 3. The predicted octanol–water partition coefficient (Wildman–Crippen LogP) is 6.29. The molecule has 1 aromatic heterocycles. The first-order valence-electron chi connectivity index (χ1n) is 10.4. The molecule has 150 valence electrons. The molecule has 0 fully saturated rings. The zero-order chi connectivity index (χ0) is 21.3. The normalized spacial score (nSPS) is 15.4. The van der Waals surface area contributed by atoms with Crippen molar-refractivity contribution < 1.29 is 4.57 Å². The minimum absolute atomic E-state index is 1.22. The summed E-state index contributed by atoms with van der Waals surface area (Å²) in [4.78, 5) is 2.17. The highest BCUT2D eigenvalue weighted by atomic mass is 15.1. The van der Waals surface area contributed by atoms with Gasteiger partial charge < -0.3 is 4.90 Å². The Hall–Kier alpha value is -3.39. The molecule has 1 aliphatic rings. The predicted molar refractivity (Wildman–Crippen MR) is 129 cm³/mol. The fraction of sp³-hybridized carbons (Fsp3) is 0.179. The van der Waals surface area contributed by atoms with Crippen molar-refractivity contribution in [2.75, 3.05) is 11.9 Å². The van der Waals surface area contributed by atoms with E-state index >= 15 is 0 Å². The van der Waals surface area contributed by atoms with Gasteiger partial charge >= 0.3 is 0 Å². The van der Waals surface area contributed by atoms with Gasteiger partial charge in [0.05, 0.1) is 5.39 Å². The molecular weight excluding hydrogens is 364 g/mol. The minimum atomic E-state index is 1.22. The maximum absolute atomic E-state index is 2.26. The molecular formula is C28H29N2+. The molecule has 0 spiro atoms.